The van der Waals surface area contributed by atoms with Crippen LogP contribution in [0.5, 0.6) is 0 Å². The Morgan fingerprint density at radius 3 is 2.02 bits per heavy atom. The lowest BCUT2D eigenvalue weighted by Gasteiger charge is -2.41. The van der Waals surface area contributed by atoms with Crippen molar-refractivity contribution in [2.75, 3.05) is 26.2 Å². The minimum absolute atomic E-state index is 0.0173. The Kier molecular flexibility index (Phi) is 10.7. The number of ether oxygens (including phenoxy) is 2. The van der Waals surface area contributed by atoms with Gasteiger partial charge in [-0.1, -0.05) is 78.7 Å². The van der Waals surface area contributed by atoms with Crippen LogP contribution in [-0.4, -0.2) is 66.0 Å². The number of carbonyl (C=O) groups excluding carboxylic acids is 2. The first-order chi connectivity index (χ1) is 22.7. The number of esters is 2. The summed E-state index contributed by atoms with van der Waals surface area (Å²) in [6.45, 7) is 9.92. The van der Waals surface area contributed by atoms with Crippen molar-refractivity contribution in [1.82, 2.24) is 9.80 Å². The van der Waals surface area contributed by atoms with Gasteiger partial charge in [0.25, 0.3) is 0 Å². The lowest BCUT2D eigenvalue weighted by atomic mass is 9.75. The molecule has 0 spiro atoms. The van der Waals surface area contributed by atoms with Crippen LogP contribution in [0.3, 0.4) is 0 Å². The maximum atomic E-state index is 14.1. The third-order valence-electron chi connectivity index (χ3n) is 8.71. The van der Waals surface area contributed by atoms with Crippen LogP contribution in [0, 0.1) is 29.6 Å². The summed E-state index contributed by atoms with van der Waals surface area (Å²) < 4.78 is 11.7. The van der Waals surface area contributed by atoms with Crippen LogP contribution in [0.2, 0.25) is 0 Å². The normalized spacial score (nSPS) is 19.4. The Labute approximate surface area is 277 Å². The van der Waals surface area contributed by atoms with Crippen LogP contribution < -0.4 is 0 Å². The summed E-state index contributed by atoms with van der Waals surface area (Å²) in [5, 5.41) is 10.0. The standard InChI is InChI=1S/C39H40N4O4/c1-6-29-14-13-19-32(24-29)35-34(27(4)41-33(25-40)36(35)39(45)46-26(2)3)38(44)47-28(5)42-20-22-43(23-21-42)37(30-15-9-7-10-16-30)31-17-11-8-12-18-31/h1,7-19,24,26,28,35-37H,20-23H2,2-5H3. The molecule has 0 N–H and O–H groups in total. The Morgan fingerprint density at radius 1 is 0.872 bits per heavy atom. The third-order valence-corrected chi connectivity index (χ3v) is 8.71. The van der Waals surface area contributed by atoms with E-state index in [1.54, 1.807) is 45.0 Å². The van der Waals surface area contributed by atoms with Crippen LogP contribution in [0.15, 0.2) is 101 Å². The SMILES string of the molecule is C#Cc1cccc(C2C(C(=O)OC(C)N3CCN(C(c4ccccc4)c4ccccc4)CC3)=C(C)N=C(C#N)C2C(=O)OC(C)C)c1. The van der Waals surface area contributed by atoms with E-state index in [1.807, 2.05) is 19.1 Å². The molecule has 1 fully saturated rings. The maximum absolute atomic E-state index is 14.1. The zero-order valence-electron chi connectivity index (χ0n) is 27.3. The molecule has 47 heavy (non-hydrogen) atoms. The predicted octanol–water partition coefficient (Wildman–Crippen LogP) is 5.87. The molecule has 3 aromatic rings. The first-order valence-corrected chi connectivity index (χ1v) is 16.0. The molecule has 5 rings (SSSR count). The first-order valence-electron chi connectivity index (χ1n) is 16.0. The van der Waals surface area contributed by atoms with E-state index in [2.05, 4.69) is 75.3 Å². The number of allylic oxidation sites excluding steroid dienone is 1. The number of nitrogens with zero attached hydrogens (tertiary/aromatic N) is 4. The second-order valence-corrected chi connectivity index (χ2v) is 12.1. The predicted molar refractivity (Wildman–Crippen MR) is 181 cm³/mol. The summed E-state index contributed by atoms with van der Waals surface area (Å²) in [6.07, 6.45) is 4.73. The van der Waals surface area contributed by atoms with Gasteiger partial charge in [0.05, 0.1) is 17.7 Å². The molecule has 0 saturated carbocycles. The van der Waals surface area contributed by atoms with E-state index in [9.17, 15) is 14.9 Å². The third kappa shape index (κ3) is 7.52. The van der Waals surface area contributed by atoms with Crippen LogP contribution in [0.1, 0.15) is 61.9 Å². The van der Waals surface area contributed by atoms with Gasteiger partial charge in [-0.05, 0) is 56.5 Å². The molecule has 0 radical (unpaired) electrons. The average Bonchev–Trinajstić information content (AvgIpc) is 3.08. The van der Waals surface area contributed by atoms with Crippen LogP contribution >= 0.6 is 0 Å². The molecule has 8 nitrogen and oxygen atoms in total. The van der Waals surface area contributed by atoms with Crippen LogP contribution in [0.4, 0.5) is 0 Å². The number of aliphatic imine (C=N–C) groups is 1. The number of hydrogen-bond donors (Lipinski definition) is 0. The van der Waals surface area contributed by atoms with Crippen LogP contribution in [0.25, 0.3) is 0 Å². The number of benzene rings is 3. The van der Waals surface area contributed by atoms with Gasteiger partial charge in [-0.3, -0.25) is 14.6 Å². The summed E-state index contributed by atoms with van der Waals surface area (Å²) >= 11 is 0. The van der Waals surface area contributed by atoms with Gasteiger partial charge in [-0.25, -0.2) is 9.79 Å². The summed E-state index contributed by atoms with van der Waals surface area (Å²) in [7, 11) is 0. The number of terminal acetylenes is 1. The van der Waals surface area contributed by atoms with Gasteiger partial charge in [-0.15, -0.1) is 6.42 Å². The first kappa shape index (κ1) is 33.3. The molecule has 8 heteroatoms. The lowest BCUT2D eigenvalue weighted by molar-refractivity contribution is -0.155. The van der Waals surface area contributed by atoms with E-state index in [1.165, 1.54) is 11.1 Å². The molecule has 2 aliphatic rings. The van der Waals surface area contributed by atoms with E-state index >= 15 is 0 Å². The second kappa shape index (κ2) is 15.0. The zero-order chi connectivity index (χ0) is 33.5. The van der Waals surface area contributed by atoms with Gasteiger partial charge >= 0.3 is 11.9 Å². The number of piperazine rings is 1. The van der Waals surface area contributed by atoms with Gasteiger partial charge in [-0.2, -0.15) is 5.26 Å². The number of rotatable bonds is 9. The Balaban J connectivity index is 1.37. The highest BCUT2D eigenvalue weighted by Gasteiger charge is 2.45. The zero-order valence-corrected chi connectivity index (χ0v) is 27.3. The second-order valence-electron chi connectivity index (χ2n) is 12.1. The average molecular weight is 629 g/mol. The molecule has 0 bridgehead atoms. The lowest BCUT2D eigenvalue weighted by Crippen LogP contribution is -2.51. The summed E-state index contributed by atoms with van der Waals surface area (Å²) in [6, 6.07) is 30.2. The van der Waals surface area contributed by atoms with E-state index in [0.717, 1.165) is 13.1 Å². The van der Waals surface area contributed by atoms with Gasteiger partial charge in [0, 0.05) is 43.4 Å². The molecular formula is C39H40N4O4. The molecule has 2 heterocycles. The van der Waals surface area contributed by atoms with Crippen molar-refractivity contribution in [2.24, 2.45) is 10.9 Å². The smallest absolute Gasteiger partial charge is 0.338 e. The van der Waals surface area contributed by atoms with E-state index in [-0.39, 0.29) is 17.3 Å². The van der Waals surface area contributed by atoms with Gasteiger partial charge in [0.15, 0.2) is 6.23 Å². The summed E-state index contributed by atoms with van der Waals surface area (Å²) in [5.74, 6) is -0.609. The largest absolute Gasteiger partial charge is 0.462 e. The highest BCUT2D eigenvalue weighted by atomic mass is 16.6. The van der Waals surface area contributed by atoms with E-state index in [4.69, 9.17) is 15.9 Å². The molecular weight excluding hydrogens is 588 g/mol. The topological polar surface area (TPSA) is 95.2 Å². The van der Waals surface area contributed by atoms with Crippen molar-refractivity contribution in [1.29, 1.82) is 5.26 Å². The summed E-state index contributed by atoms with van der Waals surface area (Å²) in [4.78, 5) is 36.5. The summed E-state index contributed by atoms with van der Waals surface area (Å²) in [5.41, 5.74) is 4.17. The Morgan fingerprint density at radius 2 is 1.47 bits per heavy atom. The Bertz CT molecular complexity index is 1690. The molecule has 0 aliphatic carbocycles. The number of carbonyl (C=O) groups is 2. The van der Waals surface area contributed by atoms with Crippen molar-refractivity contribution in [3.05, 3.63) is 118 Å². The molecule has 0 aromatic heterocycles. The molecule has 3 atom stereocenters. The highest BCUT2D eigenvalue weighted by molar-refractivity contribution is 6.14. The van der Waals surface area contributed by atoms with Crippen molar-refractivity contribution < 1.29 is 19.1 Å². The molecule has 240 valence electrons. The number of nitriles is 1. The van der Waals surface area contributed by atoms with Crippen molar-refractivity contribution in [2.45, 2.75) is 52.0 Å². The fourth-order valence-corrected chi connectivity index (χ4v) is 6.50. The van der Waals surface area contributed by atoms with Crippen molar-refractivity contribution in [3.8, 4) is 18.4 Å². The Hall–Kier alpha value is -5.02. The molecule has 0 amide bonds. The van der Waals surface area contributed by atoms with Gasteiger partial charge < -0.3 is 9.47 Å². The maximum Gasteiger partial charge on any atom is 0.338 e. The highest BCUT2D eigenvalue weighted by Crippen LogP contribution is 2.41. The molecule has 1 saturated heterocycles. The monoisotopic (exact) mass is 628 g/mol. The number of hydrogen-bond acceptors (Lipinski definition) is 8. The fraction of sp³-hybridized carbons (Fsp3) is 0.333. The van der Waals surface area contributed by atoms with Gasteiger partial charge in [0.2, 0.25) is 0 Å². The van der Waals surface area contributed by atoms with E-state index < -0.39 is 36.1 Å². The minimum atomic E-state index is -1.13. The molecule has 2 aliphatic heterocycles. The molecule has 3 aromatic carbocycles. The van der Waals surface area contributed by atoms with Crippen molar-refractivity contribution in [3.63, 3.8) is 0 Å². The van der Waals surface area contributed by atoms with Crippen LogP contribution in [-0.2, 0) is 19.1 Å². The molecule has 3 unspecified atom stereocenters. The fourth-order valence-electron chi connectivity index (χ4n) is 6.50. The van der Waals surface area contributed by atoms with Crippen molar-refractivity contribution >= 4 is 17.7 Å². The quantitative estimate of drug-likeness (QED) is 0.216. The minimum Gasteiger partial charge on any atom is -0.462 e. The van der Waals surface area contributed by atoms with Gasteiger partial charge in [0.1, 0.15) is 17.7 Å². The van der Waals surface area contributed by atoms with E-state index in [0.29, 0.717) is 29.9 Å².